The van der Waals surface area contributed by atoms with Crippen LogP contribution in [0.1, 0.15) is 34.1 Å². The first kappa shape index (κ1) is 14.2. The van der Waals surface area contributed by atoms with Crippen molar-refractivity contribution in [2.45, 2.75) is 46.7 Å². The van der Waals surface area contributed by atoms with Gasteiger partial charge in [0, 0.05) is 12.6 Å². The number of aryl methyl sites for hydroxylation is 1. The fourth-order valence-corrected chi connectivity index (χ4v) is 1.95. The fraction of sp³-hybridized carbons (Fsp3) is 0.667. The summed E-state index contributed by atoms with van der Waals surface area (Å²) < 4.78 is 1.99. The number of aromatic nitrogens is 2. The van der Waals surface area contributed by atoms with Crippen molar-refractivity contribution in [3.8, 4) is 0 Å². The Morgan fingerprint density at radius 2 is 2.12 bits per heavy atom. The van der Waals surface area contributed by atoms with E-state index in [0.717, 1.165) is 12.1 Å². The van der Waals surface area contributed by atoms with Crippen molar-refractivity contribution in [1.82, 2.24) is 9.78 Å². The summed E-state index contributed by atoms with van der Waals surface area (Å²) in [6.45, 7) is 8.94. The Hall–Kier alpha value is -0.840. The van der Waals surface area contributed by atoms with Gasteiger partial charge in [-0.25, -0.2) is 4.68 Å². The first-order valence-electron chi connectivity index (χ1n) is 6.03. The van der Waals surface area contributed by atoms with Gasteiger partial charge in [-0.2, -0.15) is 5.10 Å². The van der Waals surface area contributed by atoms with Crippen molar-refractivity contribution in [3.05, 3.63) is 21.0 Å². The molecule has 96 valence electrons. The molecule has 0 aliphatic carbocycles. The molecule has 0 saturated carbocycles. The number of rotatable bonds is 5. The van der Waals surface area contributed by atoms with Crippen LogP contribution in [0.5, 0.6) is 0 Å². The first-order chi connectivity index (χ1) is 8.01. The number of hydrogen-bond acceptors (Lipinski definition) is 3. The maximum atomic E-state index is 11.9. The normalized spacial score (nSPS) is 14.4. The minimum Gasteiger partial charge on any atom is -0.380 e. The molecule has 4 nitrogen and oxygen atoms in total. The Morgan fingerprint density at radius 1 is 1.47 bits per heavy atom. The van der Waals surface area contributed by atoms with Crippen molar-refractivity contribution < 1.29 is 0 Å². The molecule has 0 radical (unpaired) electrons. The summed E-state index contributed by atoms with van der Waals surface area (Å²) in [7, 11) is 0. The third kappa shape index (κ3) is 3.31. The average Bonchev–Trinajstić information content (AvgIpc) is 2.34. The van der Waals surface area contributed by atoms with Gasteiger partial charge in [-0.1, -0.05) is 20.3 Å². The molecule has 0 bridgehead atoms. The van der Waals surface area contributed by atoms with Gasteiger partial charge in [0.1, 0.15) is 4.47 Å². The van der Waals surface area contributed by atoms with E-state index in [1.807, 2.05) is 6.92 Å². The highest BCUT2D eigenvalue weighted by Crippen LogP contribution is 2.20. The maximum Gasteiger partial charge on any atom is 0.283 e. The summed E-state index contributed by atoms with van der Waals surface area (Å²) in [6, 6.07) is 0.315. The third-order valence-corrected chi connectivity index (χ3v) is 3.93. The van der Waals surface area contributed by atoms with Crippen molar-refractivity contribution in [2.24, 2.45) is 5.92 Å². The zero-order valence-electron chi connectivity index (χ0n) is 10.8. The maximum absolute atomic E-state index is 11.9. The molecule has 17 heavy (non-hydrogen) atoms. The van der Waals surface area contributed by atoms with Crippen LogP contribution in [-0.2, 0) is 6.54 Å². The van der Waals surface area contributed by atoms with Gasteiger partial charge in [0.05, 0.1) is 11.9 Å². The number of halogens is 1. The van der Waals surface area contributed by atoms with Crippen LogP contribution in [0.3, 0.4) is 0 Å². The molecule has 0 spiro atoms. The van der Waals surface area contributed by atoms with Gasteiger partial charge in [0.15, 0.2) is 0 Å². The van der Waals surface area contributed by atoms with Crippen LogP contribution in [-0.4, -0.2) is 15.8 Å². The van der Waals surface area contributed by atoms with E-state index in [0.29, 0.717) is 23.0 Å². The van der Waals surface area contributed by atoms with Crippen molar-refractivity contribution in [2.75, 3.05) is 5.32 Å². The third-order valence-electron chi connectivity index (χ3n) is 3.17. The van der Waals surface area contributed by atoms with E-state index in [2.05, 4.69) is 47.1 Å². The zero-order valence-corrected chi connectivity index (χ0v) is 12.4. The minimum absolute atomic E-state index is 0.0890. The molecule has 0 aromatic carbocycles. The van der Waals surface area contributed by atoms with E-state index in [-0.39, 0.29) is 5.56 Å². The van der Waals surface area contributed by atoms with Gasteiger partial charge in [-0.3, -0.25) is 4.79 Å². The fourth-order valence-electron chi connectivity index (χ4n) is 1.53. The lowest BCUT2D eigenvalue weighted by Gasteiger charge is -2.21. The van der Waals surface area contributed by atoms with Crippen LogP contribution in [0.15, 0.2) is 15.5 Å². The lowest BCUT2D eigenvalue weighted by molar-refractivity contribution is 0.493. The first-order valence-corrected chi connectivity index (χ1v) is 6.82. The second-order valence-corrected chi connectivity index (χ2v) is 5.10. The molecule has 0 aliphatic heterocycles. The predicted octanol–water partition coefficient (Wildman–Crippen LogP) is 2.87. The van der Waals surface area contributed by atoms with Crippen molar-refractivity contribution in [1.29, 1.82) is 0 Å². The van der Waals surface area contributed by atoms with Crippen molar-refractivity contribution >= 4 is 21.6 Å². The Labute approximate surface area is 111 Å². The molecule has 1 aromatic rings. The van der Waals surface area contributed by atoms with Crippen LogP contribution in [0.2, 0.25) is 0 Å². The summed E-state index contributed by atoms with van der Waals surface area (Å²) in [6.07, 6.45) is 2.80. The average molecular weight is 302 g/mol. The predicted molar refractivity (Wildman–Crippen MR) is 74.4 cm³/mol. The molecule has 2 atom stereocenters. The molecule has 2 unspecified atom stereocenters. The molecular formula is C12H20BrN3O. The summed E-state index contributed by atoms with van der Waals surface area (Å²) in [5.41, 5.74) is 0.682. The summed E-state index contributed by atoms with van der Waals surface area (Å²) >= 11 is 3.34. The van der Waals surface area contributed by atoms with E-state index < -0.39 is 0 Å². The topological polar surface area (TPSA) is 46.9 Å². The van der Waals surface area contributed by atoms with E-state index in [9.17, 15) is 4.79 Å². The molecule has 1 rings (SSSR count). The molecule has 1 N–H and O–H groups in total. The monoisotopic (exact) mass is 301 g/mol. The molecule has 0 saturated heterocycles. The molecule has 0 fully saturated rings. The minimum atomic E-state index is -0.0890. The standard InChI is InChI=1S/C12H20BrN3O/c1-5-8(3)9(4)15-10-7-14-16(6-2)12(17)11(10)13/h7-9,15H,5-6H2,1-4H3. The highest BCUT2D eigenvalue weighted by Gasteiger charge is 2.13. The molecule has 0 amide bonds. The van der Waals surface area contributed by atoms with E-state index in [1.165, 1.54) is 4.68 Å². The van der Waals surface area contributed by atoms with E-state index in [1.54, 1.807) is 6.20 Å². The number of nitrogens with one attached hydrogen (secondary N) is 1. The van der Waals surface area contributed by atoms with Gasteiger partial charge in [0.2, 0.25) is 0 Å². The van der Waals surface area contributed by atoms with Crippen LogP contribution < -0.4 is 10.9 Å². The lowest BCUT2D eigenvalue weighted by Crippen LogP contribution is -2.28. The zero-order chi connectivity index (χ0) is 13.0. The second-order valence-electron chi connectivity index (χ2n) is 4.31. The SMILES string of the molecule is CCC(C)C(C)Nc1cnn(CC)c(=O)c1Br. The highest BCUT2D eigenvalue weighted by atomic mass is 79.9. The Kier molecular flexibility index (Phi) is 5.18. The Bertz CT molecular complexity index is 430. The van der Waals surface area contributed by atoms with Crippen molar-refractivity contribution in [3.63, 3.8) is 0 Å². The van der Waals surface area contributed by atoms with E-state index >= 15 is 0 Å². The Balaban J connectivity index is 2.94. The molecule has 0 aliphatic rings. The molecular weight excluding hydrogens is 282 g/mol. The molecule has 1 aromatic heterocycles. The highest BCUT2D eigenvalue weighted by molar-refractivity contribution is 9.10. The van der Waals surface area contributed by atoms with Gasteiger partial charge in [-0.05, 0) is 35.7 Å². The van der Waals surface area contributed by atoms with Crippen LogP contribution >= 0.6 is 15.9 Å². The second kappa shape index (κ2) is 6.19. The largest absolute Gasteiger partial charge is 0.380 e. The quantitative estimate of drug-likeness (QED) is 0.910. The van der Waals surface area contributed by atoms with Crippen LogP contribution in [0.25, 0.3) is 0 Å². The molecule has 1 heterocycles. The van der Waals surface area contributed by atoms with Crippen LogP contribution in [0, 0.1) is 5.92 Å². The molecule has 5 heteroatoms. The summed E-state index contributed by atoms with van der Waals surface area (Å²) in [5.74, 6) is 0.551. The van der Waals surface area contributed by atoms with Gasteiger partial charge >= 0.3 is 0 Å². The summed E-state index contributed by atoms with van der Waals surface area (Å²) in [4.78, 5) is 11.9. The number of nitrogens with zero attached hydrogens (tertiary/aromatic N) is 2. The van der Waals surface area contributed by atoms with Gasteiger partial charge < -0.3 is 5.32 Å². The van der Waals surface area contributed by atoms with Gasteiger partial charge in [0.25, 0.3) is 5.56 Å². The lowest BCUT2D eigenvalue weighted by atomic mass is 10.0. The Morgan fingerprint density at radius 3 is 2.65 bits per heavy atom. The van der Waals surface area contributed by atoms with Crippen LogP contribution in [0.4, 0.5) is 5.69 Å². The van der Waals surface area contributed by atoms with Gasteiger partial charge in [-0.15, -0.1) is 0 Å². The summed E-state index contributed by atoms with van der Waals surface area (Å²) in [5, 5.41) is 7.44. The van der Waals surface area contributed by atoms with E-state index in [4.69, 9.17) is 0 Å². The number of hydrogen-bond donors (Lipinski definition) is 1. The smallest absolute Gasteiger partial charge is 0.283 e. The number of anilines is 1.